The summed E-state index contributed by atoms with van der Waals surface area (Å²) in [5.74, 6) is 2.75. The van der Waals surface area contributed by atoms with E-state index in [2.05, 4.69) is 48.2 Å². The van der Waals surface area contributed by atoms with Crippen molar-refractivity contribution in [1.82, 2.24) is 19.4 Å². The van der Waals surface area contributed by atoms with Gasteiger partial charge < -0.3 is 9.55 Å². The highest BCUT2D eigenvalue weighted by Crippen LogP contribution is 2.43. The van der Waals surface area contributed by atoms with Crippen molar-refractivity contribution in [1.29, 1.82) is 0 Å². The number of aryl methyl sites for hydroxylation is 2. The number of rotatable bonds is 6. The van der Waals surface area contributed by atoms with E-state index in [0.717, 1.165) is 38.3 Å². The molecule has 0 aromatic carbocycles. The van der Waals surface area contributed by atoms with Crippen LogP contribution in [-0.4, -0.2) is 32.5 Å². The number of fused-ring (bicyclic) bond motifs is 4. The summed E-state index contributed by atoms with van der Waals surface area (Å²) < 4.78 is 2.15. The quantitative estimate of drug-likeness (QED) is 0.820. The van der Waals surface area contributed by atoms with Gasteiger partial charge in [-0.25, -0.2) is 4.98 Å². The van der Waals surface area contributed by atoms with Crippen LogP contribution < -0.4 is 5.56 Å². The van der Waals surface area contributed by atoms with Gasteiger partial charge in [-0.2, -0.15) is 0 Å². The molecule has 0 unspecified atom stereocenters. The first-order chi connectivity index (χ1) is 13.5. The Morgan fingerprint density at radius 2 is 2.11 bits per heavy atom. The van der Waals surface area contributed by atoms with Gasteiger partial charge in [-0.05, 0) is 44.1 Å². The molecule has 1 N–H and O–H groups in total. The summed E-state index contributed by atoms with van der Waals surface area (Å²) >= 11 is 0. The van der Waals surface area contributed by atoms with E-state index >= 15 is 0 Å². The van der Waals surface area contributed by atoms with Crippen molar-refractivity contribution >= 4 is 0 Å². The van der Waals surface area contributed by atoms with Crippen molar-refractivity contribution < 1.29 is 0 Å². The predicted molar refractivity (Wildman–Crippen MR) is 113 cm³/mol. The Bertz CT molecular complexity index is 881. The standard InChI is InChI=1S/C23H34N4O/c1-5-22-24-16(4)19(25-22)14-26-12-17-11-18(13-26)21(10-9-15(2)3)27-20(17)7-6-8-23(27)28/h6-8,15,17-18,21H,5,9-14H2,1-4H3,(H,24,25)/t17-,18+,21+/m1/s1. The first-order valence-electron chi connectivity index (χ1n) is 10.9. The van der Waals surface area contributed by atoms with Crippen LogP contribution in [0.3, 0.4) is 0 Å². The Kier molecular flexibility index (Phi) is 5.46. The first kappa shape index (κ1) is 19.4. The van der Waals surface area contributed by atoms with Crippen LogP contribution in [0.2, 0.25) is 0 Å². The van der Waals surface area contributed by atoms with Gasteiger partial charge in [0.25, 0.3) is 5.56 Å². The number of likely N-dealkylation sites (tertiary alicyclic amines) is 1. The third-order valence-corrected chi connectivity index (χ3v) is 6.66. The van der Waals surface area contributed by atoms with E-state index in [4.69, 9.17) is 4.98 Å². The maximum absolute atomic E-state index is 12.7. The van der Waals surface area contributed by atoms with Gasteiger partial charge in [-0.1, -0.05) is 26.8 Å². The molecule has 2 aromatic heterocycles. The second-order valence-corrected chi connectivity index (χ2v) is 9.19. The minimum absolute atomic E-state index is 0.185. The molecule has 0 amide bonds. The van der Waals surface area contributed by atoms with Crippen molar-refractivity contribution in [2.75, 3.05) is 13.1 Å². The fraction of sp³-hybridized carbons (Fsp3) is 0.652. The van der Waals surface area contributed by atoms with Gasteiger partial charge in [0.1, 0.15) is 5.82 Å². The van der Waals surface area contributed by atoms with Gasteiger partial charge >= 0.3 is 0 Å². The maximum atomic E-state index is 12.7. The summed E-state index contributed by atoms with van der Waals surface area (Å²) in [6.45, 7) is 11.8. The van der Waals surface area contributed by atoms with Gasteiger partial charge in [0.2, 0.25) is 0 Å². The lowest BCUT2D eigenvalue weighted by molar-refractivity contribution is 0.0790. The van der Waals surface area contributed by atoms with E-state index < -0.39 is 0 Å². The zero-order chi connectivity index (χ0) is 19.8. The van der Waals surface area contributed by atoms with Gasteiger partial charge in [-0.3, -0.25) is 9.69 Å². The van der Waals surface area contributed by atoms with Gasteiger partial charge in [0.05, 0.1) is 5.69 Å². The summed E-state index contributed by atoms with van der Waals surface area (Å²) in [4.78, 5) is 23.5. The number of hydrogen-bond donors (Lipinski definition) is 1. The van der Waals surface area contributed by atoms with Crippen LogP contribution in [0.25, 0.3) is 0 Å². The highest BCUT2D eigenvalue weighted by Gasteiger charge is 2.40. The van der Waals surface area contributed by atoms with E-state index in [-0.39, 0.29) is 5.56 Å². The van der Waals surface area contributed by atoms with Crippen molar-refractivity contribution in [3.8, 4) is 0 Å². The number of imidazole rings is 1. The van der Waals surface area contributed by atoms with Crippen LogP contribution in [0.4, 0.5) is 0 Å². The van der Waals surface area contributed by atoms with Gasteiger partial charge in [0, 0.05) is 55.5 Å². The van der Waals surface area contributed by atoms with Gasteiger partial charge in [-0.15, -0.1) is 0 Å². The largest absolute Gasteiger partial charge is 0.346 e. The Labute approximate surface area is 168 Å². The van der Waals surface area contributed by atoms with Crippen molar-refractivity contribution in [2.24, 2.45) is 11.8 Å². The molecule has 0 radical (unpaired) electrons. The normalized spacial score (nSPS) is 24.5. The van der Waals surface area contributed by atoms with Crippen LogP contribution in [0.15, 0.2) is 23.0 Å². The molecule has 0 spiro atoms. The molecule has 28 heavy (non-hydrogen) atoms. The topological polar surface area (TPSA) is 53.9 Å². The highest BCUT2D eigenvalue weighted by molar-refractivity contribution is 5.20. The van der Waals surface area contributed by atoms with E-state index in [1.165, 1.54) is 29.9 Å². The zero-order valence-corrected chi connectivity index (χ0v) is 17.7. The monoisotopic (exact) mass is 382 g/mol. The predicted octanol–water partition coefficient (Wildman–Crippen LogP) is 4.04. The number of pyridine rings is 1. The van der Waals surface area contributed by atoms with Crippen LogP contribution in [0.1, 0.15) is 74.9 Å². The fourth-order valence-electron chi connectivity index (χ4n) is 5.24. The molecule has 4 rings (SSSR count). The van der Waals surface area contributed by atoms with Crippen LogP contribution in [-0.2, 0) is 13.0 Å². The molecule has 5 heteroatoms. The Morgan fingerprint density at radius 1 is 1.29 bits per heavy atom. The summed E-state index contributed by atoms with van der Waals surface area (Å²) in [6.07, 6.45) is 4.42. The average molecular weight is 383 g/mol. The molecule has 152 valence electrons. The molecule has 2 aromatic rings. The molecule has 1 saturated heterocycles. The lowest BCUT2D eigenvalue weighted by Gasteiger charge is -2.47. The molecule has 1 fully saturated rings. The van der Waals surface area contributed by atoms with Crippen molar-refractivity contribution in [3.63, 3.8) is 0 Å². The Hall–Kier alpha value is -1.88. The summed E-state index contributed by atoms with van der Waals surface area (Å²) in [5, 5.41) is 0. The zero-order valence-electron chi connectivity index (χ0n) is 17.7. The maximum Gasteiger partial charge on any atom is 0.250 e. The van der Waals surface area contributed by atoms with Crippen LogP contribution in [0.5, 0.6) is 0 Å². The second kappa shape index (κ2) is 7.86. The molecule has 5 nitrogen and oxygen atoms in total. The average Bonchev–Trinajstić information content (AvgIpc) is 3.01. The molecular formula is C23H34N4O. The third-order valence-electron chi connectivity index (χ3n) is 6.66. The van der Waals surface area contributed by atoms with Crippen LogP contribution >= 0.6 is 0 Å². The van der Waals surface area contributed by atoms with E-state index in [9.17, 15) is 4.79 Å². The molecule has 0 aliphatic carbocycles. The van der Waals surface area contributed by atoms with Gasteiger partial charge in [0.15, 0.2) is 0 Å². The lowest BCUT2D eigenvalue weighted by Crippen LogP contribution is -2.49. The van der Waals surface area contributed by atoms with Crippen molar-refractivity contribution in [3.05, 3.63) is 51.5 Å². The number of hydrogen-bond acceptors (Lipinski definition) is 3. The molecular weight excluding hydrogens is 348 g/mol. The highest BCUT2D eigenvalue weighted by atomic mass is 16.1. The minimum atomic E-state index is 0.185. The minimum Gasteiger partial charge on any atom is -0.346 e. The summed E-state index contributed by atoms with van der Waals surface area (Å²) in [6, 6.07) is 6.20. The second-order valence-electron chi connectivity index (χ2n) is 9.19. The molecule has 2 bridgehead atoms. The summed E-state index contributed by atoms with van der Waals surface area (Å²) in [7, 11) is 0. The molecule has 0 saturated carbocycles. The smallest absolute Gasteiger partial charge is 0.250 e. The molecule has 2 aliphatic rings. The number of aromatic nitrogens is 3. The SMILES string of the molecule is CCc1nc(CN2C[C@H]3C[C@@H](C2)[C@H](CCC(C)C)n2c3cccc2=O)c(C)[nH]1. The number of nitrogens with one attached hydrogen (secondary N) is 1. The number of nitrogens with zero attached hydrogens (tertiary/aromatic N) is 3. The molecule has 2 aliphatic heterocycles. The Balaban J connectivity index is 1.61. The van der Waals surface area contributed by atoms with E-state index in [1.807, 2.05) is 6.07 Å². The van der Waals surface area contributed by atoms with E-state index in [1.54, 1.807) is 6.07 Å². The van der Waals surface area contributed by atoms with E-state index in [0.29, 0.717) is 23.8 Å². The Morgan fingerprint density at radius 3 is 2.82 bits per heavy atom. The first-order valence-corrected chi connectivity index (χ1v) is 10.9. The molecule has 3 atom stereocenters. The number of H-pyrrole nitrogens is 1. The van der Waals surface area contributed by atoms with Crippen molar-refractivity contribution in [2.45, 2.75) is 71.9 Å². The van der Waals surface area contributed by atoms with Crippen LogP contribution in [0, 0.1) is 18.8 Å². The molecule has 4 heterocycles. The fourth-order valence-corrected chi connectivity index (χ4v) is 5.24. The summed E-state index contributed by atoms with van der Waals surface area (Å²) in [5.41, 5.74) is 3.81. The third kappa shape index (κ3) is 3.69. The number of aromatic amines is 1. The lowest BCUT2D eigenvalue weighted by atomic mass is 9.76. The number of piperidine rings is 1.